The Morgan fingerprint density at radius 2 is 2.05 bits per heavy atom. The first-order valence-corrected chi connectivity index (χ1v) is 7.04. The van der Waals surface area contributed by atoms with Crippen LogP contribution in [0.1, 0.15) is 23.9 Å². The fraction of sp³-hybridized carbons (Fsp3) is 0.400. The lowest BCUT2D eigenvalue weighted by Gasteiger charge is -2.13. The van der Waals surface area contributed by atoms with Crippen molar-refractivity contribution in [2.75, 3.05) is 12.4 Å². The molecule has 0 amide bonds. The van der Waals surface area contributed by atoms with Crippen molar-refractivity contribution in [3.8, 4) is 5.75 Å². The predicted octanol–water partition coefficient (Wildman–Crippen LogP) is 3.79. The Morgan fingerprint density at radius 1 is 1.30 bits per heavy atom. The number of rotatable bonds is 5. The number of hydrogen-bond donors (Lipinski definition) is 1. The van der Waals surface area contributed by atoms with Gasteiger partial charge in [0.05, 0.1) is 30.7 Å². The Labute approximate surface area is 124 Å². The molecule has 20 heavy (non-hydrogen) atoms. The lowest BCUT2D eigenvalue weighted by atomic mass is 10.2. The Kier molecular flexibility index (Phi) is 4.55. The second kappa shape index (κ2) is 6.18. The fourth-order valence-electron chi connectivity index (χ4n) is 2.17. The maximum absolute atomic E-state index is 6.11. The highest BCUT2D eigenvalue weighted by molar-refractivity contribution is 6.31. The fourth-order valence-corrected chi connectivity index (χ4v) is 2.32. The highest BCUT2D eigenvalue weighted by atomic mass is 35.5. The van der Waals surface area contributed by atoms with Crippen molar-refractivity contribution in [2.45, 2.75) is 33.9 Å². The first kappa shape index (κ1) is 14.7. The van der Waals surface area contributed by atoms with E-state index in [1.54, 1.807) is 7.11 Å². The molecule has 0 saturated carbocycles. The molecule has 1 N–H and O–H groups in total. The minimum Gasteiger partial charge on any atom is -0.495 e. The van der Waals surface area contributed by atoms with Crippen LogP contribution in [0.3, 0.4) is 0 Å². The monoisotopic (exact) mass is 293 g/mol. The van der Waals surface area contributed by atoms with E-state index in [0.717, 1.165) is 34.9 Å². The van der Waals surface area contributed by atoms with Crippen LogP contribution in [-0.4, -0.2) is 16.9 Å². The van der Waals surface area contributed by atoms with Crippen LogP contribution in [0.2, 0.25) is 5.02 Å². The zero-order valence-corrected chi connectivity index (χ0v) is 13.1. The van der Waals surface area contributed by atoms with Crippen LogP contribution < -0.4 is 10.1 Å². The summed E-state index contributed by atoms with van der Waals surface area (Å²) in [6.07, 6.45) is 0. The second-order valence-corrected chi connectivity index (χ2v) is 5.16. The summed E-state index contributed by atoms with van der Waals surface area (Å²) < 4.78 is 7.36. The first-order valence-electron chi connectivity index (χ1n) is 6.66. The molecule has 108 valence electrons. The number of anilines is 1. The van der Waals surface area contributed by atoms with Gasteiger partial charge < -0.3 is 10.1 Å². The Morgan fingerprint density at radius 3 is 2.70 bits per heavy atom. The van der Waals surface area contributed by atoms with Gasteiger partial charge in [-0.25, -0.2) is 0 Å². The molecule has 0 saturated heterocycles. The van der Waals surface area contributed by atoms with E-state index in [9.17, 15) is 0 Å². The summed E-state index contributed by atoms with van der Waals surface area (Å²) >= 11 is 6.11. The van der Waals surface area contributed by atoms with E-state index in [4.69, 9.17) is 16.3 Å². The molecule has 2 aromatic rings. The topological polar surface area (TPSA) is 39.1 Å². The standard InChI is InChI=1S/C15H20ClN3O/c1-5-19-12(7-11(3)18-19)9-17-14-6-10(2)13(16)8-15(14)20-4/h6-8,17H,5,9H2,1-4H3. The molecule has 4 nitrogen and oxygen atoms in total. The third-order valence-electron chi connectivity index (χ3n) is 3.23. The van der Waals surface area contributed by atoms with Gasteiger partial charge in [-0.05, 0) is 38.5 Å². The number of aromatic nitrogens is 2. The largest absolute Gasteiger partial charge is 0.495 e. The average molecular weight is 294 g/mol. The van der Waals surface area contributed by atoms with Gasteiger partial charge in [0.1, 0.15) is 5.75 Å². The second-order valence-electron chi connectivity index (χ2n) is 4.75. The van der Waals surface area contributed by atoms with Crippen LogP contribution in [0.25, 0.3) is 0 Å². The molecule has 5 heteroatoms. The third kappa shape index (κ3) is 3.07. The molecule has 0 radical (unpaired) electrons. The molecule has 0 unspecified atom stereocenters. The number of aryl methyl sites for hydroxylation is 3. The lowest BCUT2D eigenvalue weighted by Crippen LogP contribution is -2.08. The van der Waals surface area contributed by atoms with Crippen molar-refractivity contribution in [3.05, 3.63) is 40.2 Å². The van der Waals surface area contributed by atoms with Gasteiger partial charge >= 0.3 is 0 Å². The Hall–Kier alpha value is -1.68. The van der Waals surface area contributed by atoms with E-state index in [1.165, 1.54) is 0 Å². The van der Waals surface area contributed by atoms with Gasteiger partial charge in [0, 0.05) is 17.6 Å². The van der Waals surface area contributed by atoms with Crippen LogP contribution in [0.15, 0.2) is 18.2 Å². The van der Waals surface area contributed by atoms with Crippen molar-refractivity contribution in [3.63, 3.8) is 0 Å². The van der Waals surface area contributed by atoms with Gasteiger partial charge in [0.2, 0.25) is 0 Å². The minimum atomic E-state index is 0.701. The van der Waals surface area contributed by atoms with Crippen LogP contribution in [0.5, 0.6) is 5.75 Å². The summed E-state index contributed by atoms with van der Waals surface area (Å²) in [5, 5.41) is 8.54. The predicted molar refractivity (Wildman–Crippen MR) is 82.7 cm³/mol. The van der Waals surface area contributed by atoms with E-state index in [0.29, 0.717) is 11.6 Å². The van der Waals surface area contributed by atoms with E-state index in [2.05, 4.69) is 23.4 Å². The van der Waals surface area contributed by atoms with Crippen molar-refractivity contribution < 1.29 is 4.74 Å². The Balaban J connectivity index is 2.20. The van der Waals surface area contributed by atoms with Gasteiger partial charge in [0.15, 0.2) is 0 Å². The quantitative estimate of drug-likeness (QED) is 0.911. The molecule has 0 aliphatic carbocycles. The van der Waals surface area contributed by atoms with Gasteiger partial charge in [-0.3, -0.25) is 4.68 Å². The average Bonchev–Trinajstić information content (AvgIpc) is 2.79. The molecule has 1 aromatic heterocycles. The first-order chi connectivity index (χ1) is 9.55. The minimum absolute atomic E-state index is 0.701. The van der Waals surface area contributed by atoms with Gasteiger partial charge in [-0.15, -0.1) is 0 Å². The number of halogens is 1. The van der Waals surface area contributed by atoms with Crippen LogP contribution in [0, 0.1) is 13.8 Å². The zero-order chi connectivity index (χ0) is 14.7. The summed E-state index contributed by atoms with van der Waals surface area (Å²) in [7, 11) is 1.65. The molecule has 0 fully saturated rings. The van der Waals surface area contributed by atoms with E-state index >= 15 is 0 Å². The van der Waals surface area contributed by atoms with Crippen molar-refractivity contribution >= 4 is 17.3 Å². The SMILES string of the molecule is CCn1nc(C)cc1CNc1cc(C)c(Cl)cc1OC. The highest BCUT2D eigenvalue weighted by Gasteiger charge is 2.09. The molecule has 0 aliphatic rings. The molecule has 0 bridgehead atoms. The smallest absolute Gasteiger partial charge is 0.143 e. The summed E-state index contributed by atoms with van der Waals surface area (Å²) in [6.45, 7) is 7.63. The number of hydrogen-bond acceptors (Lipinski definition) is 3. The zero-order valence-electron chi connectivity index (χ0n) is 12.3. The molecule has 1 aromatic carbocycles. The number of nitrogens with zero attached hydrogens (tertiary/aromatic N) is 2. The number of ether oxygens (including phenoxy) is 1. The lowest BCUT2D eigenvalue weighted by molar-refractivity contribution is 0.416. The van der Waals surface area contributed by atoms with E-state index in [-0.39, 0.29) is 0 Å². The summed E-state index contributed by atoms with van der Waals surface area (Å²) in [5.74, 6) is 0.750. The normalized spacial score (nSPS) is 10.7. The number of methoxy groups -OCH3 is 1. The Bertz CT molecular complexity index is 607. The van der Waals surface area contributed by atoms with Gasteiger partial charge in [0.25, 0.3) is 0 Å². The third-order valence-corrected chi connectivity index (χ3v) is 3.63. The molecule has 0 spiro atoms. The van der Waals surface area contributed by atoms with Gasteiger partial charge in [-0.1, -0.05) is 11.6 Å². The summed E-state index contributed by atoms with van der Waals surface area (Å²) in [4.78, 5) is 0. The molecule has 0 atom stereocenters. The summed E-state index contributed by atoms with van der Waals surface area (Å²) in [5.41, 5.74) is 4.15. The van der Waals surface area contributed by atoms with Crippen molar-refractivity contribution in [1.82, 2.24) is 9.78 Å². The maximum atomic E-state index is 6.11. The molecule has 2 rings (SSSR count). The molecular formula is C15H20ClN3O. The van der Waals surface area contributed by atoms with E-state index < -0.39 is 0 Å². The number of nitrogens with one attached hydrogen (secondary N) is 1. The van der Waals surface area contributed by atoms with Crippen molar-refractivity contribution in [1.29, 1.82) is 0 Å². The van der Waals surface area contributed by atoms with Crippen LogP contribution >= 0.6 is 11.6 Å². The maximum Gasteiger partial charge on any atom is 0.143 e. The van der Waals surface area contributed by atoms with E-state index in [1.807, 2.05) is 30.7 Å². The highest BCUT2D eigenvalue weighted by Crippen LogP contribution is 2.31. The molecule has 0 aliphatic heterocycles. The van der Waals surface area contributed by atoms with Crippen LogP contribution in [-0.2, 0) is 13.1 Å². The number of benzene rings is 1. The molecule has 1 heterocycles. The van der Waals surface area contributed by atoms with Crippen LogP contribution in [0.4, 0.5) is 5.69 Å². The molecular weight excluding hydrogens is 274 g/mol. The summed E-state index contributed by atoms with van der Waals surface area (Å²) in [6, 6.07) is 5.92. The van der Waals surface area contributed by atoms with Gasteiger partial charge in [-0.2, -0.15) is 5.10 Å². The van der Waals surface area contributed by atoms with Crippen molar-refractivity contribution in [2.24, 2.45) is 0 Å².